The molecule has 1 aliphatic heterocycles. The molecule has 2 rings (SSSR count). The number of esters is 1. The second kappa shape index (κ2) is 4.99. The van der Waals surface area contributed by atoms with Crippen molar-refractivity contribution in [2.75, 3.05) is 6.61 Å². The van der Waals surface area contributed by atoms with Gasteiger partial charge in [0.05, 0.1) is 6.61 Å². The number of hydrogen-bond acceptors (Lipinski definition) is 3. The minimum atomic E-state index is -0.786. The van der Waals surface area contributed by atoms with Crippen LogP contribution in [0.15, 0.2) is 24.3 Å². The summed E-state index contributed by atoms with van der Waals surface area (Å²) >= 11 is 0. The number of ether oxygens (including phenoxy) is 1. The molecule has 0 aliphatic carbocycles. The molecule has 5 heteroatoms. The minimum Gasteiger partial charge on any atom is -0.464 e. The molecule has 19 heavy (non-hydrogen) atoms. The molecule has 1 fully saturated rings. The van der Waals surface area contributed by atoms with E-state index in [1.54, 1.807) is 26.0 Å². The van der Waals surface area contributed by atoms with Gasteiger partial charge in [0.15, 0.2) is 0 Å². The van der Waals surface area contributed by atoms with Crippen molar-refractivity contribution in [3.05, 3.63) is 35.6 Å². The number of halogens is 1. The number of rotatable bonds is 3. The third-order valence-corrected chi connectivity index (χ3v) is 3.48. The highest BCUT2D eigenvalue weighted by Crippen LogP contribution is 2.36. The van der Waals surface area contributed by atoms with E-state index >= 15 is 0 Å². The third-order valence-electron chi connectivity index (χ3n) is 3.48. The Labute approximate surface area is 110 Å². The van der Waals surface area contributed by atoms with Crippen LogP contribution in [0.2, 0.25) is 0 Å². The monoisotopic (exact) mass is 265 g/mol. The van der Waals surface area contributed by atoms with Crippen LogP contribution in [0.5, 0.6) is 0 Å². The smallest absolute Gasteiger partial charge is 0.329 e. The normalized spacial score (nSPS) is 26.1. The summed E-state index contributed by atoms with van der Waals surface area (Å²) in [5.74, 6) is -1.11. The van der Waals surface area contributed by atoms with Crippen molar-refractivity contribution < 1.29 is 18.7 Å². The van der Waals surface area contributed by atoms with Gasteiger partial charge in [0.25, 0.3) is 0 Å². The number of nitrogens with one attached hydrogen (secondary N) is 1. The van der Waals surface area contributed by atoms with E-state index in [-0.39, 0.29) is 24.8 Å². The van der Waals surface area contributed by atoms with E-state index in [0.29, 0.717) is 5.56 Å². The van der Waals surface area contributed by atoms with Crippen LogP contribution in [-0.4, -0.2) is 24.5 Å². The summed E-state index contributed by atoms with van der Waals surface area (Å²) in [7, 11) is 0. The van der Waals surface area contributed by atoms with E-state index in [0.717, 1.165) is 0 Å². The van der Waals surface area contributed by atoms with Gasteiger partial charge in [0, 0.05) is 11.8 Å². The van der Waals surface area contributed by atoms with E-state index in [1.165, 1.54) is 12.1 Å². The molecule has 0 spiro atoms. The largest absolute Gasteiger partial charge is 0.464 e. The lowest BCUT2D eigenvalue weighted by Crippen LogP contribution is -2.45. The third kappa shape index (κ3) is 2.45. The van der Waals surface area contributed by atoms with E-state index in [4.69, 9.17) is 4.74 Å². The zero-order chi connectivity index (χ0) is 14.0. The van der Waals surface area contributed by atoms with Gasteiger partial charge in [0.1, 0.15) is 11.9 Å². The maximum Gasteiger partial charge on any atom is 0.329 e. The molecule has 1 amide bonds. The van der Waals surface area contributed by atoms with Crippen LogP contribution >= 0.6 is 0 Å². The Hall–Kier alpha value is -1.91. The molecule has 1 aliphatic rings. The maximum absolute atomic E-state index is 13.3. The van der Waals surface area contributed by atoms with Gasteiger partial charge in [-0.15, -0.1) is 0 Å². The molecule has 1 saturated heterocycles. The van der Waals surface area contributed by atoms with Crippen LogP contribution in [0.3, 0.4) is 0 Å². The molecule has 102 valence electrons. The number of amides is 1. The summed E-state index contributed by atoms with van der Waals surface area (Å²) < 4.78 is 18.3. The van der Waals surface area contributed by atoms with Gasteiger partial charge in [0.2, 0.25) is 5.91 Å². The quantitative estimate of drug-likeness (QED) is 0.843. The minimum absolute atomic E-state index is 0.139. The summed E-state index contributed by atoms with van der Waals surface area (Å²) in [5, 5.41) is 2.61. The molecular weight excluding hydrogens is 249 g/mol. The average molecular weight is 265 g/mol. The van der Waals surface area contributed by atoms with Gasteiger partial charge in [-0.1, -0.05) is 19.1 Å². The summed E-state index contributed by atoms with van der Waals surface area (Å²) in [5.41, 5.74) is -0.172. The van der Waals surface area contributed by atoms with E-state index in [9.17, 15) is 14.0 Å². The summed E-state index contributed by atoms with van der Waals surface area (Å²) in [6, 6.07) is 5.20. The van der Waals surface area contributed by atoms with Crippen molar-refractivity contribution in [3.63, 3.8) is 0 Å². The molecule has 0 aromatic heterocycles. The number of hydrogen-bond donors (Lipinski definition) is 1. The van der Waals surface area contributed by atoms with Crippen molar-refractivity contribution in [1.82, 2.24) is 5.32 Å². The summed E-state index contributed by atoms with van der Waals surface area (Å²) in [6.45, 7) is 3.71. The summed E-state index contributed by atoms with van der Waals surface area (Å²) in [6.07, 6.45) is 0.139. The Kier molecular flexibility index (Phi) is 3.55. The highest BCUT2D eigenvalue weighted by Gasteiger charge is 2.49. The van der Waals surface area contributed by atoms with Crippen molar-refractivity contribution in [2.45, 2.75) is 31.7 Å². The molecule has 1 heterocycles. The van der Waals surface area contributed by atoms with Crippen LogP contribution in [0.1, 0.15) is 25.8 Å². The molecule has 1 aromatic carbocycles. The molecule has 2 atom stereocenters. The first-order valence-electron chi connectivity index (χ1n) is 6.19. The highest BCUT2D eigenvalue weighted by atomic mass is 19.1. The van der Waals surface area contributed by atoms with Crippen LogP contribution in [0.4, 0.5) is 4.39 Å². The molecule has 1 aromatic rings. The standard InChI is InChI=1S/C14H16FNO3/c1-3-19-13(18)12-14(2,8-11(17)16-12)9-5-4-6-10(15)7-9/h4-7,12H,3,8H2,1-2H3,(H,16,17). The number of benzene rings is 1. The summed E-state index contributed by atoms with van der Waals surface area (Å²) in [4.78, 5) is 23.6. The molecule has 0 bridgehead atoms. The predicted molar refractivity (Wildman–Crippen MR) is 66.9 cm³/mol. The van der Waals surface area contributed by atoms with E-state index in [2.05, 4.69) is 5.32 Å². The Balaban J connectivity index is 2.38. The fourth-order valence-electron chi connectivity index (χ4n) is 2.46. The van der Waals surface area contributed by atoms with Crippen LogP contribution in [-0.2, 0) is 19.7 Å². The second-order valence-corrected chi connectivity index (χ2v) is 4.86. The van der Waals surface area contributed by atoms with Gasteiger partial charge in [-0.3, -0.25) is 4.79 Å². The van der Waals surface area contributed by atoms with Gasteiger partial charge in [-0.25, -0.2) is 9.18 Å². The fourth-order valence-corrected chi connectivity index (χ4v) is 2.46. The maximum atomic E-state index is 13.3. The SMILES string of the molecule is CCOC(=O)C1NC(=O)CC1(C)c1cccc(F)c1. The van der Waals surface area contributed by atoms with Gasteiger partial charge in [-0.2, -0.15) is 0 Å². The first-order valence-corrected chi connectivity index (χ1v) is 6.19. The Morgan fingerprint density at radius 1 is 1.58 bits per heavy atom. The zero-order valence-electron chi connectivity index (χ0n) is 10.9. The Morgan fingerprint density at radius 3 is 2.95 bits per heavy atom. The van der Waals surface area contributed by atoms with Gasteiger partial charge < -0.3 is 10.1 Å². The molecule has 1 N–H and O–H groups in total. The number of carbonyl (C=O) groups excluding carboxylic acids is 2. The first kappa shape index (κ1) is 13.5. The van der Waals surface area contributed by atoms with Crippen molar-refractivity contribution in [2.24, 2.45) is 0 Å². The van der Waals surface area contributed by atoms with Gasteiger partial charge in [-0.05, 0) is 24.6 Å². The topological polar surface area (TPSA) is 55.4 Å². The predicted octanol–water partition coefficient (Wildman–Crippen LogP) is 1.53. The lowest BCUT2D eigenvalue weighted by Gasteiger charge is -2.29. The van der Waals surface area contributed by atoms with Crippen LogP contribution < -0.4 is 5.32 Å². The van der Waals surface area contributed by atoms with Crippen molar-refractivity contribution >= 4 is 11.9 Å². The highest BCUT2D eigenvalue weighted by molar-refractivity contribution is 5.91. The Morgan fingerprint density at radius 2 is 2.32 bits per heavy atom. The average Bonchev–Trinajstić information content (AvgIpc) is 2.66. The molecule has 2 unspecified atom stereocenters. The lowest BCUT2D eigenvalue weighted by atomic mass is 9.76. The van der Waals surface area contributed by atoms with Crippen LogP contribution in [0, 0.1) is 5.82 Å². The van der Waals surface area contributed by atoms with Crippen LogP contribution in [0.25, 0.3) is 0 Å². The fraction of sp³-hybridized carbons (Fsp3) is 0.429. The zero-order valence-corrected chi connectivity index (χ0v) is 10.9. The molecular formula is C14H16FNO3. The lowest BCUT2D eigenvalue weighted by molar-refractivity contribution is -0.147. The molecule has 4 nitrogen and oxygen atoms in total. The van der Waals surface area contributed by atoms with Crippen molar-refractivity contribution in [1.29, 1.82) is 0 Å². The van der Waals surface area contributed by atoms with Crippen molar-refractivity contribution in [3.8, 4) is 0 Å². The number of carbonyl (C=O) groups is 2. The van der Waals surface area contributed by atoms with E-state index < -0.39 is 17.4 Å². The molecule has 0 radical (unpaired) electrons. The Bertz CT molecular complexity index is 517. The molecule has 0 saturated carbocycles. The van der Waals surface area contributed by atoms with E-state index in [1.807, 2.05) is 0 Å². The first-order chi connectivity index (χ1) is 8.97. The second-order valence-electron chi connectivity index (χ2n) is 4.86. The van der Waals surface area contributed by atoms with Gasteiger partial charge >= 0.3 is 5.97 Å².